The van der Waals surface area contributed by atoms with Crippen LogP contribution in [-0.4, -0.2) is 51.8 Å². The van der Waals surface area contributed by atoms with Gasteiger partial charge in [-0.05, 0) is 42.9 Å². The molecule has 0 spiro atoms. The Balaban J connectivity index is 1.59. The van der Waals surface area contributed by atoms with Gasteiger partial charge in [0.2, 0.25) is 11.8 Å². The maximum absolute atomic E-state index is 13.0. The molecule has 0 radical (unpaired) electrons. The van der Waals surface area contributed by atoms with E-state index in [2.05, 4.69) is 40.4 Å². The molecule has 3 aliphatic rings. The van der Waals surface area contributed by atoms with Crippen LogP contribution in [0.3, 0.4) is 0 Å². The average Bonchev–Trinajstić information content (AvgIpc) is 3.11. The molecular formula is C20H33N5O. The summed E-state index contributed by atoms with van der Waals surface area (Å²) in [4.78, 5) is 17.3. The van der Waals surface area contributed by atoms with Crippen molar-refractivity contribution in [3.8, 4) is 0 Å². The number of nitrogens with zero attached hydrogens (tertiary/aromatic N) is 5. The van der Waals surface area contributed by atoms with Gasteiger partial charge in [-0.25, -0.2) is 0 Å². The van der Waals surface area contributed by atoms with Crippen LogP contribution in [0, 0.1) is 17.3 Å². The van der Waals surface area contributed by atoms with E-state index in [1.54, 1.807) is 0 Å². The van der Waals surface area contributed by atoms with E-state index in [1.165, 1.54) is 12.8 Å². The van der Waals surface area contributed by atoms with Crippen LogP contribution in [-0.2, 0) is 6.54 Å². The van der Waals surface area contributed by atoms with Crippen LogP contribution in [0.5, 0.6) is 0 Å². The first-order valence-corrected chi connectivity index (χ1v) is 10.4. The van der Waals surface area contributed by atoms with Gasteiger partial charge >= 0.3 is 0 Å². The molecule has 1 unspecified atom stereocenters. The van der Waals surface area contributed by atoms with Crippen LogP contribution in [0.15, 0.2) is 0 Å². The number of carbonyl (C=O) groups excluding carboxylic acids is 1. The van der Waals surface area contributed by atoms with E-state index < -0.39 is 0 Å². The number of hydrogen-bond acceptors (Lipinski definition) is 4. The highest BCUT2D eigenvalue weighted by Gasteiger charge is 2.36. The third-order valence-corrected chi connectivity index (χ3v) is 6.82. The molecule has 3 heterocycles. The quantitative estimate of drug-likeness (QED) is 0.810. The molecule has 0 aromatic carbocycles. The first-order valence-electron chi connectivity index (χ1n) is 10.4. The van der Waals surface area contributed by atoms with E-state index in [9.17, 15) is 4.79 Å². The fourth-order valence-electron chi connectivity index (χ4n) is 4.31. The van der Waals surface area contributed by atoms with Gasteiger partial charge in [-0.1, -0.05) is 33.6 Å². The lowest BCUT2D eigenvalue weighted by molar-refractivity contribution is 0.0775. The highest BCUT2D eigenvalue weighted by atomic mass is 16.2. The Bertz CT molecular complexity index is 657. The van der Waals surface area contributed by atoms with Gasteiger partial charge in [0.15, 0.2) is 0 Å². The summed E-state index contributed by atoms with van der Waals surface area (Å²) in [5.74, 6) is 3.07. The van der Waals surface area contributed by atoms with Gasteiger partial charge in [0.05, 0.1) is 0 Å². The van der Waals surface area contributed by atoms with Gasteiger partial charge in [-0.2, -0.15) is 0 Å². The Morgan fingerprint density at radius 2 is 1.85 bits per heavy atom. The van der Waals surface area contributed by atoms with Crippen molar-refractivity contribution in [1.29, 1.82) is 0 Å². The number of hydrogen-bond donors (Lipinski definition) is 0. The molecular weight excluding hydrogens is 326 g/mol. The summed E-state index contributed by atoms with van der Waals surface area (Å²) >= 11 is 0. The summed E-state index contributed by atoms with van der Waals surface area (Å²) in [5, 5.41) is 8.89. The Labute approximate surface area is 156 Å². The molecule has 6 nitrogen and oxygen atoms in total. The molecule has 2 saturated heterocycles. The van der Waals surface area contributed by atoms with Crippen molar-refractivity contribution in [2.75, 3.05) is 31.1 Å². The Hall–Kier alpha value is -1.59. The molecule has 0 bridgehead atoms. The third-order valence-electron chi connectivity index (χ3n) is 6.82. The Morgan fingerprint density at radius 1 is 1.12 bits per heavy atom. The summed E-state index contributed by atoms with van der Waals surface area (Å²) in [7, 11) is 0. The zero-order chi connectivity index (χ0) is 18.3. The van der Waals surface area contributed by atoms with Crippen LogP contribution in [0.4, 0.5) is 5.95 Å². The van der Waals surface area contributed by atoms with Gasteiger partial charge in [0, 0.05) is 32.7 Å². The molecule has 1 aromatic rings. The van der Waals surface area contributed by atoms with Crippen LogP contribution < -0.4 is 4.90 Å². The predicted molar refractivity (Wildman–Crippen MR) is 102 cm³/mol. The van der Waals surface area contributed by atoms with E-state index in [-0.39, 0.29) is 11.3 Å². The molecule has 1 aliphatic carbocycles. The Kier molecular flexibility index (Phi) is 4.70. The van der Waals surface area contributed by atoms with Crippen LogP contribution in [0.1, 0.15) is 69.9 Å². The minimum absolute atomic E-state index is 0.0710. The number of aromatic nitrogens is 3. The number of amides is 1. The smallest absolute Gasteiger partial charge is 0.291 e. The van der Waals surface area contributed by atoms with Crippen molar-refractivity contribution >= 4 is 11.9 Å². The lowest BCUT2D eigenvalue weighted by Crippen LogP contribution is -2.46. The van der Waals surface area contributed by atoms with E-state index >= 15 is 0 Å². The molecule has 1 saturated carbocycles. The zero-order valence-electron chi connectivity index (χ0n) is 16.6. The second-order valence-corrected chi connectivity index (χ2v) is 9.31. The largest absolute Gasteiger partial charge is 0.340 e. The second kappa shape index (κ2) is 6.86. The fourth-order valence-corrected chi connectivity index (χ4v) is 4.31. The van der Waals surface area contributed by atoms with Crippen LogP contribution in [0.2, 0.25) is 0 Å². The van der Waals surface area contributed by atoms with Crippen molar-refractivity contribution in [2.24, 2.45) is 17.3 Å². The number of carbonyl (C=O) groups is 1. The molecule has 2 aliphatic heterocycles. The van der Waals surface area contributed by atoms with Crippen LogP contribution in [0.25, 0.3) is 0 Å². The number of piperidine rings is 1. The van der Waals surface area contributed by atoms with E-state index in [4.69, 9.17) is 0 Å². The van der Waals surface area contributed by atoms with E-state index in [0.717, 1.165) is 70.3 Å². The highest BCUT2D eigenvalue weighted by molar-refractivity contribution is 5.91. The first-order chi connectivity index (χ1) is 12.5. The average molecular weight is 360 g/mol. The van der Waals surface area contributed by atoms with Gasteiger partial charge in [0.1, 0.15) is 0 Å². The highest BCUT2D eigenvalue weighted by Crippen LogP contribution is 2.37. The molecule has 0 N–H and O–H groups in total. The van der Waals surface area contributed by atoms with Crippen molar-refractivity contribution in [3.63, 3.8) is 0 Å². The second-order valence-electron chi connectivity index (χ2n) is 9.31. The summed E-state index contributed by atoms with van der Waals surface area (Å²) in [6, 6.07) is 0. The number of anilines is 1. The summed E-state index contributed by atoms with van der Waals surface area (Å²) in [6.45, 7) is 11.6. The molecule has 1 aromatic heterocycles. The summed E-state index contributed by atoms with van der Waals surface area (Å²) in [5.41, 5.74) is 0.255. The molecule has 1 atom stereocenters. The van der Waals surface area contributed by atoms with Crippen molar-refractivity contribution in [3.05, 3.63) is 5.82 Å². The monoisotopic (exact) mass is 359 g/mol. The topological polar surface area (TPSA) is 54.3 Å². The maximum atomic E-state index is 13.0. The fraction of sp³-hybridized carbons (Fsp3) is 0.850. The molecule has 26 heavy (non-hydrogen) atoms. The van der Waals surface area contributed by atoms with Crippen LogP contribution >= 0.6 is 0 Å². The van der Waals surface area contributed by atoms with Crippen molar-refractivity contribution in [2.45, 2.75) is 65.8 Å². The lowest BCUT2D eigenvalue weighted by Gasteiger charge is -2.43. The minimum Gasteiger partial charge on any atom is -0.340 e. The molecule has 3 fully saturated rings. The van der Waals surface area contributed by atoms with Gasteiger partial charge in [-0.15, -0.1) is 10.2 Å². The van der Waals surface area contributed by atoms with Gasteiger partial charge in [0.25, 0.3) is 5.91 Å². The normalized spacial score (nSPS) is 25.7. The maximum Gasteiger partial charge on any atom is 0.291 e. The summed E-state index contributed by atoms with van der Waals surface area (Å²) in [6.07, 6.45) is 7.18. The Morgan fingerprint density at radius 3 is 2.50 bits per heavy atom. The van der Waals surface area contributed by atoms with E-state index in [0.29, 0.717) is 11.7 Å². The van der Waals surface area contributed by atoms with Gasteiger partial charge in [-0.3, -0.25) is 9.36 Å². The molecule has 1 amide bonds. The van der Waals surface area contributed by atoms with Gasteiger partial charge < -0.3 is 9.80 Å². The lowest BCUT2D eigenvalue weighted by atomic mass is 9.75. The van der Waals surface area contributed by atoms with E-state index in [1.807, 2.05) is 4.90 Å². The standard InChI is InChI=1S/C20H33N5O/c1-15-8-12-24(14-20(15,2)3)19-22-21-17(18(26)23-10-4-5-11-23)25(19)13-9-16-6-7-16/h15-16H,4-14H2,1-3H3. The third kappa shape index (κ3) is 3.47. The molecule has 6 heteroatoms. The molecule has 144 valence electrons. The SMILES string of the molecule is CC1CCN(c2nnc(C(=O)N3CCCC3)n2CCC2CC2)CC1(C)C. The molecule has 4 rings (SSSR count). The number of likely N-dealkylation sites (tertiary alicyclic amines) is 1. The minimum atomic E-state index is 0.0710. The summed E-state index contributed by atoms with van der Waals surface area (Å²) < 4.78 is 2.13. The first kappa shape index (κ1) is 17.8. The number of rotatable bonds is 5. The predicted octanol–water partition coefficient (Wildman–Crippen LogP) is 3.19. The van der Waals surface area contributed by atoms with Crippen molar-refractivity contribution < 1.29 is 4.79 Å². The zero-order valence-corrected chi connectivity index (χ0v) is 16.6. The van der Waals surface area contributed by atoms with Crippen molar-refractivity contribution in [1.82, 2.24) is 19.7 Å².